The van der Waals surface area contributed by atoms with Crippen molar-refractivity contribution in [1.82, 2.24) is 0 Å². The van der Waals surface area contributed by atoms with E-state index in [4.69, 9.17) is 16.3 Å². The molecule has 0 atom stereocenters. The Balaban J connectivity index is 1.60. The Morgan fingerprint density at radius 2 is 1.76 bits per heavy atom. The molecular weight excluding hydrogens is 405 g/mol. The number of rotatable bonds is 6. The third-order valence-corrected chi connectivity index (χ3v) is 4.55. The molecule has 0 fully saturated rings. The average molecular weight is 421 g/mol. The summed E-state index contributed by atoms with van der Waals surface area (Å²) < 4.78 is 20.2. The van der Waals surface area contributed by atoms with Gasteiger partial charge in [-0.1, -0.05) is 35.9 Å². The monoisotopic (exact) mass is 419 g/mol. The Morgan fingerprint density at radius 1 is 1.00 bits per heavy atom. The average Bonchev–Trinajstić information content (AvgIpc) is 2.62. The fourth-order valence-corrected chi connectivity index (χ4v) is 2.98. The number of halogens is 3. The van der Waals surface area contributed by atoms with Gasteiger partial charge in [0.1, 0.15) is 18.2 Å². The highest BCUT2D eigenvalue weighted by molar-refractivity contribution is 9.10. The Bertz CT molecular complexity index is 855. The van der Waals surface area contributed by atoms with Crippen LogP contribution in [0.4, 0.5) is 10.1 Å². The van der Waals surface area contributed by atoms with Gasteiger partial charge in [0, 0.05) is 22.8 Å². The lowest BCUT2D eigenvalue weighted by Crippen LogP contribution is -2.01. The lowest BCUT2D eigenvalue weighted by Gasteiger charge is -2.11. The summed E-state index contributed by atoms with van der Waals surface area (Å²) in [6, 6.07) is 20.0. The van der Waals surface area contributed by atoms with Gasteiger partial charge in [0.15, 0.2) is 0 Å². The molecule has 3 rings (SSSR count). The van der Waals surface area contributed by atoms with Crippen LogP contribution in [0.25, 0.3) is 0 Å². The summed E-state index contributed by atoms with van der Waals surface area (Å²) in [4.78, 5) is 0. The molecule has 5 heteroatoms. The topological polar surface area (TPSA) is 21.3 Å². The smallest absolute Gasteiger partial charge is 0.134 e. The molecule has 128 valence electrons. The standard InChI is InChI=1S/C20H16BrClFNO/c21-18-11-14(12-24-17-8-6-16(22)7-9-17)5-10-20(18)25-13-15-3-1-2-4-19(15)23/h1-11,24H,12-13H2. The van der Waals surface area contributed by atoms with Crippen LogP contribution in [0.5, 0.6) is 5.75 Å². The zero-order valence-corrected chi connectivity index (χ0v) is 15.6. The van der Waals surface area contributed by atoms with Gasteiger partial charge in [-0.15, -0.1) is 0 Å². The minimum absolute atomic E-state index is 0.188. The van der Waals surface area contributed by atoms with Gasteiger partial charge in [0.25, 0.3) is 0 Å². The van der Waals surface area contributed by atoms with Gasteiger partial charge in [0.2, 0.25) is 0 Å². The highest BCUT2D eigenvalue weighted by Crippen LogP contribution is 2.27. The minimum atomic E-state index is -0.262. The van der Waals surface area contributed by atoms with E-state index < -0.39 is 0 Å². The van der Waals surface area contributed by atoms with Gasteiger partial charge in [-0.3, -0.25) is 0 Å². The van der Waals surface area contributed by atoms with E-state index in [2.05, 4.69) is 21.2 Å². The van der Waals surface area contributed by atoms with Crippen LogP contribution in [0, 0.1) is 5.82 Å². The largest absolute Gasteiger partial charge is 0.488 e. The molecule has 0 radical (unpaired) electrons. The van der Waals surface area contributed by atoms with Crippen LogP contribution in [0.3, 0.4) is 0 Å². The molecule has 0 saturated carbocycles. The third kappa shape index (κ3) is 4.97. The number of nitrogens with one attached hydrogen (secondary N) is 1. The van der Waals surface area contributed by atoms with Crippen molar-refractivity contribution in [2.45, 2.75) is 13.2 Å². The minimum Gasteiger partial charge on any atom is -0.488 e. The first-order chi connectivity index (χ1) is 12.1. The van der Waals surface area contributed by atoms with Gasteiger partial charge >= 0.3 is 0 Å². The molecule has 1 N–H and O–H groups in total. The number of hydrogen-bond donors (Lipinski definition) is 1. The zero-order chi connectivity index (χ0) is 17.6. The van der Waals surface area contributed by atoms with Crippen molar-refractivity contribution in [3.8, 4) is 5.75 Å². The number of benzene rings is 3. The maximum absolute atomic E-state index is 13.6. The number of anilines is 1. The van der Waals surface area contributed by atoms with Crippen LogP contribution in [0.2, 0.25) is 5.02 Å². The molecule has 0 aliphatic heterocycles. The van der Waals surface area contributed by atoms with E-state index in [1.165, 1.54) is 6.07 Å². The Labute approximate surface area is 159 Å². The van der Waals surface area contributed by atoms with Crippen molar-refractivity contribution in [1.29, 1.82) is 0 Å². The maximum Gasteiger partial charge on any atom is 0.134 e. The van der Waals surface area contributed by atoms with E-state index in [1.807, 2.05) is 42.5 Å². The first-order valence-corrected chi connectivity index (χ1v) is 8.93. The van der Waals surface area contributed by atoms with Crippen LogP contribution in [0.1, 0.15) is 11.1 Å². The maximum atomic E-state index is 13.6. The van der Waals surface area contributed by atoms with Crippen LogP contribution < -0.4 is 10.1 Å². The summed E-state index contributed by atoms with van der Waals surface area (Å²) in [6.45, 7) is 0.863. The number of hydrogen-bond acceptors (Lipinski definition) is 2. The molecule has 0 amide bonds. The highest BCUT2D eigenvalue weighted by atomic mass is 79.9. The van der Waals surface area contributed by atoms with E-state index >= 15 is 0 Å². The van der Waals surface area contributed by atoms with E-state index in [0.29, 0.717) is 22.9 Å². The Kier molecular flexibility index (Phi) is 5.95. The van der Waals surface area contributed by atoms with Crippen molar-refractivity contribution in [3.05, 3.63) is 93.2 Å². The van der Waals surface area contributed by atoms with Gasteiger partial charge in [0.05, 0.1) is 4.47 Å². The van der Waals surface area contributed by atoms with E-state index in [1.54, 1.807) is 18.2 Å². The van der Waals surface area contributed by atoms with Crippen molar-refractivity contribution in [2.75, 3.05) is 5.32 Å². The van der Waals surface area contributed by atoms with E-state index in [9.17, 15) is 4.39 Å². The SMILES string of the molecule is Fc1ccccc1COc1ccc(CNc2ccc(Cl)cc2)cc1Br. The van der Waals surface area contributed by atoms with Crippen LogP contribution >= 0.6 is 27.5 Å². The van der Waals surface area contributed by atoms with Crippen molar-refractivity contribution in [2.24, 2.45) is 0 Å². The molecule has 0 aliphatic rings. The summed E-state index contributed by atoms with van der Waals surface area (Å²) in [7, 11) is 0. The summed E-state index contributed by atoms with van der Waals surface area (Å²) >= 11 is 9.39. The Morgan fingerprint density at radius 3 is 2.48 bits per heavy atom. The highest BCUT2D eigenvalue weighted by Gasteiger charge is 2.06. The quantitative estimate of drug-likeness (QED) is 0.496. The van der Waals surface area contributed by atoms with Crippen molar-refractivity contribution >= 4 is 33.2 Å². The molecule has 0 saturated heterocycles. The van der Waals surface area contributed by atoms with Gasteiger partial charge in [-0.25, -0.2) is 4.39 Å². The Hall–Kier alpha value is -2.04. The molecule has 25 heavy (non-hydrogen) atoms. The molecule has 3 aromatic carbocycles. The second-order valence-electron chi connectivity index (χ2n) is 5.51. The predicted molar refractivity (Wildman–Crippen MR) is 104 cm³/mol. The predicted octanol–water partition coefficient (Wildman–Crippen LogP) is 6.43. The van der Waals surface area contributed by atoms with E-state index in [-0.39, 0.29) is 12.4 Å². The fraction of sp³-hybridized carbons (Fsp3) is 0.100. The molecule has 0 spiro atoms. The zero-order valence-electron chi connectivity index (χ0n) is 13.3. The van der Waals surface area contributed by atoms with E-state index in [0.717, 1.165) is 15.7 Å². The normalized spacial score (nSPS) is 10.5. The van der Waals surface area contributed by atoms with Gasteiger partial charge in [-0.05, 0) is 64.0 Å². The van der Waals surface area contributed by atoms with Crippen LogP contribution in [-0.2, 0) is 13.2 Å². The molecule has 0 aliphatic carbocycles. The lowest BCUT2D eigenvalue weighted by molar-refractivity contribution is 0.298. The molecule has 0 heterocycles. The van der Waals surface area contributed by atoms with Crippen LogP contribution in [0.15, 0.2) is 71.2 Å². The molecule has 0 bridgehead atoms. The number of ether oxygens (including phenoxy) is 1. The molecule has 3 aromatic rings. The molecule has 2 nitrogen and oxygen atoms in total. The summed E-state index contributed by atoms with van der Waals surface area (Å²) in [6.07, 6.45) is 0. The lowest BCUT2D eigenvalue weighted by atomic mass is 10.2. The summed E-state index contributed by atoms with van der Waals surface area (Å²) in [5.41, 5.74) is 2.63. The summed E-state index contributed by atoms with van der Waals surface area (Å²) in [5.74, 6) is 0.418. The summed E-state index contributed by atoms with van der Waals surface area (Å²) in [5, 5.41) is 4.04. The van der Waals surface area contributed by atoms with Gasteiger partial charge < -0.3 is 10.1 Å². The molecular formula is C20H16BrClFNO. The van der Waals surface area contributed by atoms with Crippen molar-refractivity contribution in [3.63, 3.8) is 0 Å². The van der Waals surface area contributed by atoms with Crippen LogP contribution in [-0.4, -0.2) is 0 Å². The first-order valence-electron chi connectivity index (χ1n) is 7.76. The van der Waals surface area contributed by atoms with Gasteiger partial charge in [-0.2, -0.15) is 0 Å². The first kappa shape index (κ1) is 17.8. The van der Waals surface area contributed by atoms with Crippen molar-refractivity contribution < 1.29 is 9.13 Å². The fourth-order valence-electron chi connectivity index (χ4n) is 2.31. The third-order valence-electron chi connectivity index (χ3n) is 3.68. The molecule has 0 unspecified atom stereocenters. The molecule has 0 aromatic heterocycles. The second-order valence-corrected chi connectivity index (χ2v) is 6.80. The second kappa shape index (κ2) is 8.37.